The second kappa shape index (κ2) is 32.6. The van der Waals surface area contributed by atoms with Gasteiger partial charge in [-0.25, -0.2) is 57.6 Å². The summed E-state index contributed by atoms with van der Waals surface area (Å²) in [6.07, 6.45) is 3.85. The van der Waals surface area contributed by atoms with Crippen LogP contribution in [0.4, 0.5) is 44.2 Å². The van der Waals surface area contributed by atoms with Gasteiger partial charge in [0.15, 0.2) is 40.2 Å². The summed E-state index contributed by atoms with van der Waals surface area (Å²) in [5, 5.41) is 79.3. The van der Waals surface area contributed by atoms with E-state index in [-0.39, 0.29) is 24.4 Å². The second-order valence-electron chi connectivity index (χ2n) is 23.9. The van der Waals surface area contributed by atoms with E-state index in [1.54, 1.807) is 85.7 Å². The summed E-state index contributed by atoms with van der Waals surface area (Å²) < 4.78 is 58.7. The van der Waals surface area contributed by atoms with Crippen LogP contribution in [0.1, 0.15) is 120 Å². The predicted molar refractivity (Wildman–Crippen MR) is 389 cm³/mol. The van der Waals surface area contributed by atoms with Crippen LogP contribution in [0.3, 0.4) is 0 Å². The Hall–Kier alpha value is -13.0. The van der Waals surface area contributed by atoms with E-state index >= 15 is 0 Å². The number of fused-ring (bicyclic) bond motifs is 4. The number of aryl methyl sites for hydroxylation is 6. The van der Waals surface area contributed by atoms with Crippen molar-refractivity contribution >= 4 is 135 Å². The number of sulfonamides is 1. The zero-order valence-electron chi connectivity index (χ0n) is 60.0. The normalized spacial score (nSPS) is 12.3. The third kappa shape index (κ3) is 17.5. The van der Waals surface area contributed by atoms with Crippen LogP contribution in [0.2, 0.25) is 0 Å². The Labute approximate surface area is 622 Å². The van der Waals surface area contributed by atoms with Gasteiger partial charge in [-0.3, -0.25) is 25.2 Å². The van der Waals surface area contributed by atoms with Crippen LogP contribution < -0.4 is 4.72 Å². The quantitative estimate of drug-likeness (QED) is 0.0205. The number of benzene rings is 2. The number of methoxy groups -OCH3 is 3. The van der Waals surface area contributed by atoms with Gasteiger partial charge in [0.1, 0.15) is 28.7 Å². The van der Waals surface area contributed by atoms with Crippen LogP contribution in [0.15, 0.2) is 105 Å². The molecule has 42 nitrogen and oxygen atoms in total. The number of nitrogens with one attached hydrogen (secondary N) is 5. The van der Waals surface area contributed by atoms with E-state index < -0.39 is 33.3 Å². The molecule has 0 spiro atoms. The molecule has 2 aromatic carbocycles. The van der Waals surface area contributed by atoms with Gasteiger partial charge in [0, 0.05) is 64.0 Å². The number of hydrogen-bond acceptors (Lipinski definition) is 36. The maximum absolute atomic E-state index is 12.3. The van der Waals surface area contributed by atoms with Gasteiger partial charge in [0.05, 0.1) is 73.3 Å². The van der Waals surface area contributed by atoms with Gasteiger partial charge in [-0.2, -0.15) is 37.5 Å². The lowest BCUT2D eigenvalue weighted by atomic mass is 9.88. The van der Waals surface area contributed by atoms with Gasteiger partial charge in [0.25, 0.3) is 0 Å². The minimum Gasteiger partial charge on any atom is -0.468 e. The Morgan fingerprint density at radius 2 is 1.17 bits per heavy atom. The largest absolute Gasteiger partial charge is 0.468 e. The number of nitriles is 1. The van der Waals surface area contributed by atoms with Crippen molar-refractivity contribution < 1.29 is 41.5 Å². The number of thiazole rings is 1. The van der Waals surface area contributed by atoms with Crippen LogP contribution >= 0.6 is 34.4 Å². The molecular formula is C62H65N33O9S4. The molecule has 5 N–H and O–H groups in total. The van der Waals surface area contributed by atoms with Crippen LogP contribution in [0.5, 0.6) is 0 Å². The van der Waals surface area contributed by atoms with Crippen molar-refractivity contribution in [2.45, 2.75) is 93.4 Å². The fraction of sp³-hybridized carbons (Fsp3) is 0.306. The molecule has 0 fully saturated rings. The van der Waals surface area contributed by atoms with Gasteiger partial charge < -0.3 is 18.7 Å². The first-order valence-corrected chi connectivity index (χ1v) is 36.3. The Kier molecular flexibility index (Phi) is 23.0. The number of carbonyl (C=O) groups excluding carboxylic acids is 3. The highest BCUT2D eigenvalue weighted by atomic mass is 32.2. The molecule has 1 unspecified atom stereocenters. The molecule has 0 saturated heterocycles. The Morgan fingerprint density at radius 1 is 0.620 bits per heavy atom. The summed E-state index contributed by atoms with van der Waals surface area (Å²) in [6, 6.07) is 16.3. The smallest absolute Gasteiger partial charge is 0.366 e. The molecule has 12 heterocycles. The van der Waals surface area contributed by atoms with E-state index in [0.717, 1.165) is 35.0 Å². The maximum atomic E-state index is 12.3. The summed E-state index contributed by atoms with van der Waals surface area (Å²) in [4.78, 5) is 70.1. The lowest BCUT2D eigenvalue weighted by molar-refractivity contribution is -0.146. The highest BCUT2D eigenvalue weighted by Crippen LogP contribution is 2.40. The summed E-state index contributed by atoms with van der Waals surface area (Å²) in [5.74, 6) is 2.33. The third-order valence-electron chi connectivity index (χ3n) is 14.9. The summed E-state index contributed by atoms with van der Waals surface area (Å²) in [7, 11) is 0.590. The van der Waals surface area contributed by atoms with Crippen molar-refractivity contribution in [1.82, 2.24) is 118 Å². The topological polar surface area (TPSA) is 535 Å². The average Bonchev–Trinajstić information content (AvgIpc) is 1.63. The number of carbonyl (C=O) groups is 3. The highest BCUT2D eigenvalue weighted by Gasteiger charge is 2.37. The van der Waals surface area contributed by atoms with E-state index in [1.807, 2.05) is 44.4 Å². The van der Waals surface area contributed by atoms with Gasteiger partial charge >= 0.3 is 23.9 Å². The molecule has 0 aliphatic heterocycles. The predicted octanol–water partition coefficient (Wildman–Crippen LogP) is 11.7. The van der Waals surface area contributed by atoms with Crippen molar-refractivity contribution in [1.29, 1.82) is 5.26 Å². The average molecular weight is 1540 g/mol. The minimum absolute atomic E-state index is 0.0170. The molecule has 46 heteroatoms. The zero-order valence-corrected chi connectivity index (χ0v) is 63.3. The zero-order chi connectivity index (χ0) is 77.3. The summed E-state index contributed by atoms with van der Waals surface area (Å²) >= 11 is 3.65. The third-order valence-corrected chi connectivity index (χ3v) is 17.8. The van der Waals surface area contributed by atoms with Crippen LogP contribution in [0.25, 0.3) is 51.2 Å². The van der Waals surface area contributed by atoms with E-state index in [1.165, 1.54) is 63.3 Å². The molecule has 0 amide bonds. The highest BCUT2D eigenvalue weighted by molar-refractivity contribution is 7.88. The number of ether oxygens (including phenoxy) is 3. The van der Waals surface area contributed by atoms with Crippen LogP contribution in [0, 0.1) is 52.9 Å². The number of rotatable bonds is 20. The van der Waals surface area contributed by atoms with Crippen molar-refractivity contribution in [3.8, 4) is 28.6 Å². The molecule has 108 heavy (non-hydrogen) atoms. The Morgan fingerprint density at radius 3 is 1.74 bits per heavy atom. The molecule has 12 aromatic heterocycles. The molecule has 0 radical (unpaired) electrons. The SMILES string of the molecule is COC(=O)/C=C\c1[nH]n2nc(C(C)C)nc2c1N=Nc1nc(C)no1.COC(=O)C(C)(C)c1[nH]n2nc(C)nc2c1N=Nc1nc(C)cs1.COC(=O)c1ccccc1-c1[nH]n2nc(C(C)CNS(C)(=O)=O)nc2c1N=Nc1nc(C)ns1.Cc1nsc(N=Nc2c(-c3ccccc3C#N)[nH]n3nc(C)nc23)n1. The summed E-state index contributed by atoms with van der Waals surface area (Å²) in [6.45, 7) is 20.0. The van der Waals surface area contributed by atoms with Crippen molar-refractivity contribution in [2.75, 3.05) is 34.1 Å². The number of nitrogens with zero attached hydrogens (tertiary/aromatic N) is 28. The second-order valence-corrected chi connectivity index (χ2v) is 28.0. The summed E-state index contributed by atoms with van der Waals surface area (Å²) in [5.41, 5.74) is 7.57. The van der Waals surface area contributed by atoms with Gasteiger partial charge in [0.2, 0.25) is 48.0 Å². The number of azo groups is 4. The molecule has 0 aliphatic carbocycles. The number of H-pyrrole nitrogens is 4. The lowest BCUT2D eigenvalue weighted by Gasteiger charge is -2.20. The molecule has 0 saturated carbocycles. The molecule has 0 bridgehead atoms. The number of hydrogen-bond donors (Lipinski definition) is 5. The molecule has 1 atom stereocenters. The van der Waals surface area contributed by atoms with E-state index in [2.05, 4.69) is 151 Å². The number of aromatic amines is 4. The lowest BCUT2D eigenvalue weighted by Crippen LogP contribution is -2.31. The monoisotopic (exact) mass is 1540 g/mol. The molecule has 0 aliphatic rings. The fourth-order valence-corrected chi connectivity index (χ4v) is 11.9. The van der Waals surface area contributed by atoms with Gasteiger partial charge in [-0.05, 0) is 73.6 Å². The van der Waals surface area contributed by atoms with Crippen molar-refractivity contribution in [2.24, 2.45) is 40.9 Å². The maximum Gasteiger partial charge on any atom is 0.366 e. The van der Waals surface area contributed by atoms with Crippen molar-refractivity contribution in [3.63, 3.8) is 0 Å². The standard InChI is InChI=1S/C19H21N9O4S2.C15H11N9S.C14H16N8O3.C14H17N7O2S/c1-10(9-20-34(4,30)31)16-22-17-15(23-24-19-21-11(2)27-33-19)14(25-28(17)26-16)12-7-5-6-8-13(12)18(29)32-3;1-8-17-14-13(19-20-15-18-9(2)23-25-15)12(22-24(14)21-8)11-6-4-3-5-10(11)7-16;1-7(2)12-16-13-11(17-18-14-15-8(3)21-25-14)9(19-22(13)20-12)5-6-10(23)24-4;1-7-6-24-13(15-7)18-17-9-10(14(3,4)12(22)23-5)20-21-11(9)16-8(2)19-21/h5-8,10,20,25H,9H2,1-4H3;3-6,22H,1-2H3;5-7,19H,1-4H3;6,20H,1-5H3/b;;6-5-,18-17?;. The fourth-order valence-electron chi connectivity index (χ4n) is 9.74. The first-order chi connectivity index (χ1) is 51.6. The van der Waals surface area contributed by atoms with E-state index in [9.17, 15) is 28.1 Å². The molecule has 14 rings (SSSR count). The molecule has 556 valence electrons. The van der Waals surface area contributed by atoms with Crippen molar-refractivity contribution in [3.05, 3.63) is 129 Å². The van der Waals surface area contributed by atoms with Gasteiger partial charge in [-0.1, -0.05) is 67.4 Å². The Balaban J connectivity index is 0.000000145. The van der Waals surface area contributed by atoms with E-state index in [0.29, 0.717) is 147 Å². The van der Waals surface area contributed by atoms with Crippen LogP contribution in [-0.4, -0.2) is 174 Å². The first kappa shape index (κ1) is 76.1. The van der Waals surface area contributed by atoms with Crippen LogP contribution in [-0.2, 0) is 39.2 Å². The molecule has 14 aromatic rings. The number of aromatic nitrogens is 23. The van der Waals surface area contributed by atoms with Gasteiger partial charge in [-0.15, -0.1) is 67.5 Å². The number of esters is 3. The Bertz CT molecular complexity index is 5950. The molecular weight excluding hydrogens is 1480 g/mol. The first-order valence-electron chi connectivity index (χ1n) is 32.0. The minimum atomic E-state index is -3.36. The van der Waals surface area contributed by atoms with E-state index in [4.69, 9.17) is 14.0 Å².